The predicted molar refractivity (Wildman–Crippen MR) is 80.8 cm³/mol. The molecule has 0 aromatic rings. The molecule has 1 aliphatic heterocycles. The molecule has 0 bridgehead atoms. The summed E-state index contributed by atoms with van der Waals surface area (Å²) in [6.45, 7) is 12.4. The van der Waals surface area contributed by atoms with Gasteiger partial charge in [0, 0.05) is 26.1 Å². The SMILES string of the molecule is C=CCON=C1CN[C@H](C(=O)NCCN(CC)CC)C1. The number of carbonyl (C=O) groups is 1. The van der Waals surface area contributed by atoms with Crippen molar-refractivity contribution in [3.63, 3.8) is 0 Å². The smallest absolute Gasteiger partial charge is 0.237 e. The van der Waals surface area contributed by atoms with Crippen LogP contribution in [0.5, 0.6) is 0 Å². The molecule has 0 radical (unpaired) electrons. The number of rotatable bonds is 9. The number of amides is 1. The van der Waals surface area contributed by atoms with E-state index in [0.717, 1.165) is 25.3 Å². The van der Waals surface area contributed by atoms with Gasteiger partial charge in [0.15, 0.2) is 0 Å². The van der Waals surface area contributed by atoms with Crippen LogP contribution in [0.25, 0.3) is 0 Å². The van der Waals surface area contributed by atoms with Gasteiger partial charge in [0.05, 0.1) is 11.8 Å². The van der Waals surface area contributed by atoms with Gasteiger partial charge >= 0.3 is 0 Å². The second-order valence-electron chi connectivity index (χ2n) is 4.70. The van der Waals surface area contributed by atoms with E-state index in [0.29, 0.717) is 26.1 Å². The molecule has 1 amide bonds. The van der Waals surface area contributed by atoms with Crippen LogP contribution in [0.15, 0.2) is 17.8 Å². The predicted octanol–water partition coefficient (Wildman–Crippen LogP) is 0.365. The summed E-state index contributed by atoms with van der Waals surface area (Å²) in [5, 5.41) is 10.1. The summed E-state index contributed by atoms with van der Waals surface area (Å²) in [4.78, 5) is 19.3. The standard InChI is InChI=1S/C14H26N4O2/c1-4-9-20-17-12-10-13(16-11-12)14(19)15-7-8-18(5-2)6-3/h4,13,16H,1,5-11H2,2-3H3,(H,15,19)/t13-/m0/s1. The van der Waals surface area contributed by atoms with Crippen LogP contribution in [0.4, 0.5) is 0 Å². The van der Waals surface area contributed by atoms with Crippen molar-refractivity contribution >= 4 is 11.6 Å². The maximum Gasteiger partial charge on any atom is 0.237 e. The molecule has 6 heteroatoms. The van der Waals surface area contributed by atoms with Gasteiger partial charge in [0.25, 0.3) is 0 Å². The molecule has 1 fully saturated rings. The second kappa shape index (κ2) is 9.50. The Morgan fingerprint density at radius 3 is 3.00 bits per heavy atom. The third-order valence-electron chi connectivity index (χ3n) is 3.32. The lowest BCUT2D eigenvalue weighted by Gasteiger charge is -2.18. The topological polar surface area (TPSA) is 66.0 Å². The van der Waals surface area contributed by atoms with E-state index in [2.05, 4.69) is 41.1 Å². The highest BCUT2D eigenvalue weighted by Crippen LogP contribution is 2.04. The van der Waals surface area contributed by atoms with Gasteiger partial charge in [-0.05, 0) is 13.1 Å². The van der Waals surface area contributed by atoms with E-state index in [4.69, 9.17) is 4.84 Å². The molecule has 0 unspecified atom stereocenters. The van der Waals surface area contributed by atoms with E-state index in [9.17, 15) is 4.79 Å². The molecule has 6 nitrogen and oxygen atoms in total. The summed E-state index contributed by atoms with van der Waals surface area (Å²) in [6, 6.07) is -0.196. The summed E-state index contributed by atoms with van der Waals surface area (Å²) in [5.41, 5.74) is 0.871. The van der Waals surface area contributed by atoms with Crippen molar-refractivity contribution in [1.29, 1.82) is 0 Å². The molecule has 2 N–H and O–H groups in total. The molecule has 1 heterocycles. The summed E-state index contributed by atoms with van der Waals surface area (Å²) in [6.07, 6.45) is 2.25. The molecule has 1 atom stereocenters. The first kappa shape index (κ1) is 16.7. The van der Waals surface area contributed by atoms with E-state index in [-0.39, 0.29) is 11.9 Å². The third-order valence-corrected chi connectivity index (χ3v) is 3.32. The Kier molecular flexibility index (Phi) is 7.91. The minimum Gasteiger partial charge on any atom is -0.392 e. The third kappa shape index (κ3) is 5.71. The molecule has 0 aromatic carbocycles. The Labute approximate surface area is 121 Å². The van der Waals surface area contributed by atoms with Crippen molar-refractivity contribution in [2.75, 3.05) is 39.3 Å². The maximum atomic E-state index is 12.0. The first-order chi connectivity index (χ1) is 9.71. The van der Waals surface area contributed by atoms with Crippen LogP contribution in [0.2, 0.25) is 0 Å². The quantitative estimate of drug-likeness (QED) is 0.364. The van der Waals surface area contributed by atoms with E-state index >= 15 is 0 Å². The summed E-state index contributed by atoms with van der Waals surface area (Å²) in [5.74, 6) is 0.0334. The van der Waals surface area contributed by atoms with Crippen molar-refractivity contribution in [2.45, 2.75) is 26.3 Å². The van der Waals surface area contributed by atoms with Crippen LogP contribution in [0.3, 0.4) is 0 Å². The molecule has 0 aliphatic carbocycles. The largest absolute Gasteiger partial charge is 0.392 e. The van der Waals surface area contributed by atoms with Gasteiger partial charge in [-0.1, -0.05) is 31.7 Å². The Hall–Kier alpha value is -1.40. The lowest BCUT2D eigenvalue weighted by Crippen LogP contribution is -2.43. The van der Waals surface area contributed by atoms with Crippen molar-refractivity contribution in [3.05, 3.63) is 12.7 Å². The Morgan fingerprint density at radius 2 is 2.35 bits per heavy atom. The minimum absolute atomic E-state index is 0.0334. The van der Waals surface area contributed by atoms with E-state index < -0.39 is 0 Å². The van der Waals surface area contributed by atoms with Crippen LogP contribution < -0.4 is 10.6 Å². The first-order valence-corrected chi connectivity index (χ1v) is 7.23. The van der Waals surface area contributed by atoms with Crippen LogP contribution in [-0.2, 0) is 9.63 Å². The van der Waals surface area contributed by atoms with Gasteiger partial charge in [-0.25, -0.2) is 0 Å². The number of hydrogen-bond acceptors (Lipinski definition) is 5. The molecular weight excluding hydrogens is 256 g/mol. The van der Waals surface area contributed by atoms with Gasteiger partial charge in [-0.2, -0.15) is 0 Å². The number of likely N-dealkylation sites (N-methyl/N-ethyl adjacent to an activating group) is 1. The fourth-order valence-corrected chi connectivity index (χ4v) is 2.06. The molecule has 114 valence electrons. The second-order valence-corrected chi connectivity index (χ2v) is 4.70. The molecule has 1 saturated heterocycles. The average Bonchev–Trinajstić information content (AvgIpc) is 2.93. The van der Waals surface area contributed by atoms with Gasteiger partial charge < -0.3 is 20.4 Å². The fourth-order valence-electron chi connectivity index (χ4n) is 2.06. The monoisotopic (exact) mass is 282 g/mol. The van der Waals surface area contributed by atoms with Crippen molar-refractivity contribution in [2.24, 2.45) is 5.16 Å². The Bertz CT molecular complexity index is 340. The normalized spacial score (nSPS) is 20.4. The zero-order chi connectivity index (χ0) is 14.8. The highest BCUT2D eigenvalue weighted by atomic mass is 16.6. The zero-order valence-corrected chi connectivity index (χ0v) is 12.5. The molecule has 1 aliphatic rings. The van der Waals surface area contributed by atoms with E-state index in [1.165, 1.54) is 0 Å². The highest BCUT2D eigenvalue weighted by Gasteiger charge is 2.26. The van der Waals surface area contributed by atoms with Crippen LogP contribution >= 0.6 is 0 Å². The Morgan fingerprint density at radius 1 is 1.60 bits per heavy atom. The number of oxime groups is 1. The zero-order valence-electron chi connectivity index (χ0n) is 12.5. The maximum absolute atomic E-state index is 12.0. The van der Waals surface area contributed by atoms with E-state index in [1.807, 2.05) is 0 Å². The average molecular weight is 282 g/mol. The fraction of sp³-hybridized carbons (Fsp3) is 0.714. The van der Waals surface area contributed by atoms with Gasteiger partial charge in [0.1, 0.15) is 6.61 Å². The Balaban J connectivity index is 2.24. The lowest BCUT2D eigenvalue weighted by molar-refractivity contribution is -0.122. The minimum atomic E-state index is -0.196. The number of carbonyl (C=O) groups excluding carboxylic acids is 1. The summed E-state index contributed by atoms with van der Waals surface area (Å²) >= 11 is 0. The number of nitrogens with one attached hydrogen (secondary N) is 2. The van der Waals surface area contributed by atoms with E-state index in [1.54, 1.807) is 6.08 Å². The number of nitrogens with zero attached hydrogens (tertiary/aromatic N) is 2. The van der Waals surface area contributed by atoms with Crippen molar-refractivity contribution < 1.29 is 9.63 Å². The summed E-state index contributed by atoms with van der Waals surface area (Å²) in [7, 11) is 0. The van der Waals surface area contributed by atoms with Gasteiger partial charge in [-0.3, -0.25) is 4.79 Å². The van der Waals surface area contributed by atoms with Crippen LogP contribution in [0.1, 0.15) is 20.3 Å². The molecule has 1 rings (SSSR count). The van der Waals surface area contributed by atoms with Crippen LogP contribution in [-0.4, -0.2) is 61.9 Å². The summed E-state index contributed by atoms with van der Waals surface area (Å²) < 4.78 is 0. The van der Waals surface area contributed by atoms with Crippen LogP contribution in [0, 0.1) is 0 Å². The molecule has 0 spiro atoms. The molecule has 0 saturated carbocycles. The van der Waals surface area contributed by atoms with Crippen molar-refractivity contribution in [3.8, 4) is 0 Å². The molecule has 0 aromatic heterocycles. The molecular formula is C14H26N4O2. The molecule has 20 heavy (non-hydrogen) atoms. The van der Waals surface area contributed by atoms with Gasteiger partial charge in [0.2, 0.25) is 5.91 Å². The lowest BCUT2D eigenvalue weighted by atomic mass is 10.2. The first-order valence-electron chi connectivity index (χ1n) is 7.23. The van der Waals surface area contributed by atoms with Gasteiger partial charge in [-0.15, -0.1) is 0 Å². The highest BCUT2D eigenvalue weighted by molar-refractivity contribution is 5.96. The van der Waals surface area contributed by atoms with Crippen molar-refractivity contribution in [1.82, 2.24) is 15.5 Å². The number of hydrogen-bond donors (Lipinski definition) is 2.